The summed E-state index contributed by atoms with van der Waals surface area (Å²) in [6.07, 6.45) is 0.767. The second-order valence-corrected chi connectivity index (χ2v) is 9.10. The van der Waals surface area contributed by atoms with E-state index in [-0.39, 0.29) is 11.9 Å². The van der Waals surface area contributed by atoms with E-state index >= 15 is 0 Å². The van der Waals surface area contributed by atoms with E-state index < -0.39 is 5.41 Å². The number of hydrogen-bond donors (Lipinski definition) is 0. The molecule has 0 unspecified atom stereocenters. The lowest BCUT2D eigenvalue weighted by molar-refractivity contribution is -0.142. The monoisotopic (exact) mass is 412 g/mol. The van der Waals surface area contributed by atoms with Crippen LogP contribution in [0.3, 0.4) is 0 Å². The Bertz CT molecular complexity index is 922. The summed E-state index contributed by atoms with van der Waals surface area (Å²) >= 11 is 0. The van der Waals surface area contributed by atoms with Gasteiger partial charge in [-0.3, -0.25) is 9.69 Å². The normalized spacial score (nSPS) is 15.3. The van der Waals surface area contributed by atoms with Crippen molar-refractivity contribution in [3.8, 4) is 0 Å². The predicted octanol–water partition coefficient (Wildman–Crippen LogP) is 5.19. The smallest absolute Gasteiger partial charge is 0.228 e. The van der Waals surface area contributed by atoms with Gasteiger partial charge in [0, 0.05) is 31.6 Å². The molecule has 3 aromatic carbocycles. The summed E-state index contributed by atoms with van der Waals surface area (Å²) in [6.45, 7) is 7.45. The lowest BCUT2D eigenvalue weighted by Crippen LogP contribution is -2.53. The van der Waals surface area contributed by atoms with Crippen LogP contribution in [0.1, 0.15) is 36.6 Å². The summed E-state index contributed by atoms with van der Waals surface area (Å²) in [7, 11) is 0. The van der Waals surface area contributed by atoms with Crippen LogP contribution in [0.15, 0.2) is 91.0 Å². The van der Waals surface area contributed by atoms with Gasteiger partial charge in [-0.1, -0.05) is 105 Å². The number of piperazine rings is 1. The van der Waals surface area contributed by atoms with Crippen molar-refractivity contribution < 1.29 is 4.79 Å². The first-order chi connectivity index (χ1) is 15.0. The van der Waals surface area contributed by atoms with E-state index in [9.17, 15) is 4.79 Å². The third kappa shape index (κ3) is 5.05. The Morgan fingerprint density at radius 1 is 0.742 bits per heavy atom. The maximum atomic E-state index is 13.3. The quantitative estimate of drug-likeness (QED) is 0.556. The number of amides is 1. The number of benzene rings is 3. The molecule has 31 heavy (non-hydrogen) atoms. The van der Waals surface area contributed by atoms with Gasteiger partial charge < -0.3 is 4.90 Å². The van der Waals surface area contributed by atoms with Crippen molar-refractivity contribution in [3.05, 3.63) is 108 Å². The SMILES string of the molecule is CC(C)(Cc1ccccc1)C(=O)N1CCN(C(c2ccccc2)c2ccccc2)CC1. The Hall–Kier alpha value is -2.91. The van der Waals surface area contributed by atoms with Crippen molar-refractivity contribution in [2.45, 2.75) is 26.3 Å². The van der Waals surface area contributed by atoms with Crippen molar-refractivity contribution in [2.24, 2.45) is 5.41 Å². The van der Waals surface area contributed by atoms with E-state index in [1.54, 1.807) is 0 Å². The summed E-state index contributed by atoms with van der Waals surface area (Å²) in [6, 6.07) is 31.9. The van der Waals surface area contributed by atoms with Crippen LogP contribution in [0.25, 0.3) is 0 Å². The fraction of sp³-hybridized carbons (Fsp3) is 0.321. The van der Waals surface area contributed by atoms with Crippen LogP contribution < -0.4 is 0 Å². The summed E-state index contributed by atoms with van der Waals surface area (Å²) in [5.74, 6) is 0.256. The highest BCUT2D eigenvalue weighted by atomic mass is 16.2. The molecule has 0 N–H and O–H groups in total. The van der Waals surface area contributed by atoms with Crippen molar-refractivity contribution in [2.75, 3.05) is 26.2 Å². The largest absolute Gasteiger partial charge is 0.340 e. The number of carbonyl (C=O) groups is 1. The average molecular weight is 413 g/mol. The maximum absolute atomic E-state index is 13.3. The minimum Gasteiger partial charge on any atom is -0.340 e. The first-order valence-corrected chi connectivity index (χ1v) is 11.2. The molecule has 0 spiro atoms. The van der Waals surface area contributed by atoms with E-state index in [0.717, 1.165) is 32.6 Å². The number of hydrogen-bond acceptors (Lipinski definition) is 2. The van der Waals surface area contributed by atoms with Crippen LogP contribution in [-0.4, -0.2) is 41.9 Å². The van der Waals surface area contributed by atoms with Gasteiger partial charge in [0.2, 0.25) is 5.91 Å². The number of carbonyl (C=O) groups excluding carboxylic acids is 1. The molecule has 1 aliphatic heterocycles. The molecule has 160 valence electrons. The molecule has 0 aliphatic carbocycles. The molecule has 1 heterocycles. The fourth-order valence-electron chi connectivity index (χ4n) is 4.68. The topological polar surface area (TPSA) is 23.6 Å². The van der Waals surface area contributed by atoms with Gasteiger partial charge in [-0.05, 0) is 23.1 Å². The molecule has 3 nitrogen and oxygen atoms in total. The third-order valence-corrected chi connectivity index (χ3v) is 6.27. The molecular formula is C28H32N2O. The first kappa shape index (κ1) is 21.3. The summed E-state index contributed by atoms with van der Waals surface area (Å²) in [5.41, 5.74) is 3.42. The second kappa shape index (κ2) is 9.49. The fourth-order valence-corrected chi connectivity index (χ4v) is 4.68. The van der Waals surface area contributed by atoms with Crippen LogP contribution in [0.2, 0.25) is 0 Å². The van der Waals surface area contributed by atoms with E-state index in [1.165, 1.54) is 16.7 Å². The highest BCUT2D eigenvalue weighted by molar-refractivity contribution is 5.82. The molecule has 3 aromatic rings. The lowest BCUT2D eigenvalue weighted by Gasteiger charge is -2.42. The van der Waals surface area contributed by atoms with Gasteiger partial charge in [-0.25, -0.2) is 0 Å². The van der Waals surface area contributed by atoms with E-state index in [4.69, 9.17) is 0 Å². The van der Waals surface area contributed by atoms with Gasteiger partial charge in [-0.2, -0.15) is 0 Å². The Kier molecular flexibility index (Phi) is 6.53. The molecule has 1 aliphatic rings. The summed E-state index contributed by atoms with van der Waals surface area (Å²) < 4.78 is 0. The van der Waals surface area contributed by atoms with E-state index in [1.807, 2.05) is 18.2 Å². The zero-order valence-corrected chi connectivity index (χ0v) is 18.6. The Balaban J connectivity index is 1.46. The van der Waals surface area contributed by atoms with Crippen LogP contribution in [-0.2, 0) is 11.2 Å². The van der Waals surface area contributed by atoms with Gasteiger partial charge in [0.1, 0.15) is 0 Å². The van der Waals surface area contributed by atoms with Crippen molar-refractivity contribution >= 4 is 5.91 Å². The second-order valence-electron chi connectivity index (χ2n) is 9.10. The molecule has 0 bridgehead atoms. The molecule has 0 atom stereocenters. The number of rotatable bonds is 6. The molecular weight excluding hydrogens is 380 g/mol. The molecule has 3 heteroatoms. The Labute approximate surface area is 186 Å². The molecule has 0 aromatic heterocycles. The predicted molar refractivity (Wildman–Crippen MR) is 127 cm³/mol. The van der Waals surface area contributed by atoms with Gasteiger partial charge in [0.15, 0.2) is 0 Å². The number of nitrogens with zero attached hydrogens (tertiary/aromatic N) is 2. The molecule has 0 saturated carbocycles. The van der Waals surface area contributed by atoms with Crippen LogP contribution in [0.4, 0.5) is 0 Å². The lowest BCUT2D eigenvalue weighted by atomic mass is 9.84. The molecule has 1 amide bonds. The minimum atomic E-state index is -0.401. The van der Waals surface area contributed by atoms with Crippen LogP contribution in [0, 0.1) is 5.41 Å². The molecule has 0 radical (unpaired) electrons. The van der Waals surface area contributed by atoms with Crippen LogP contribution >= 0.6 is 0 Å². The van der Waals surface area contributed by atoms with Crippen LogP contribution in [0.5, 0.6) is 0 Å². The highest BCUT2D eigenvalue weighted by Crippen LogP contribution is 2.31. The summed E-state index contributed by atoms with van der Waals surface area (Å²) in [5, 5.41) is 0. The molecule has 4 rings (SSSR count). The minimum absolute atomic E-state index is 0.219. The maximum Gasteiger partial charge on any atom is 0.228 e. The Morgan fingerprint density at radius 2 is 1.19 bits per heavy atom. The highest BCUT2D eigenvalue weighted by Gasteiger charge is 2.35. The summed E-state index contributed by atoms with van der Waals surface area (Å²) in [4.78, 5) is 17.9. The zero-order valence-electron chi connectivity index (χ0n) is 18.6. The zero-order chi connectivity index (χ0) is 21.7. The standard InChI is InChI=1S/C28H32N2O/c1-28(2,22-23-12-6-3-7-13-23)27(31)30-20-18-29(19-21-30)26(24-14-8-4-9-15-24)25-16-10-5-11-17-25/h3-17,26H,18-22H2,1-2H3. The molecule has 1 fully saturated rings. The van der Waals surface area contributed by atoms with Crippen molar-refractivity contribution in [1.29, 1.82) is 0 Å². The molecule has 1 saturated heterocycles. The van der Waals surface area contributed by atoms with E-state index in [2.05, 4.69) is 96.4 Å². The van der Waals surface area contributed by atoms with E-state index in [0.29, 0.717) is 0 Å². The van der Waals surface area contributed by atoms with Crippen molar-refractivity contribution in [3.63, 3.8) is 0 Å². The van der Waals surface area contributed by atoms with Gasteiger partial charge in [0.05, 0.1) is 6.04 Å². The van der Waals surface area contributed by atoms with Crippen molar-refractivity contribution in [1.82, 2.24) is 9.80 Å². The third-order valence-electron chi connectivity index (χ3n) is 6.27. The van der Waals surface area contributed by atoms with Gasteiger partial charge in [-0.15, -0.1) is 0 Å². The first-order valence-electron chi connectivity index (χ1n) is 11.2. The van der Waals surface area contributed by atoms with Gasteiger partial charge >= 0.3 is 0 Å². The van der Waals surface area contributed by atoms with Gasteiger partial charge in [0.25, 0.3) is 0 Å². The Morgan fingerprint density at radius 3 is 1.68 bits per heavy atom. The average Bonchev–Trinajstić information content (AvgIpc) is 2.81.